The predicted molar refractivity (Wildman–Crippen MR) is 152 cm³/mol. The number of methoxy groups -OCH3 is 1. The number of imide groups is 1. The van der Waals surface area contributed by atoms with Gasteiger partial charge in [0.1, 0.15) is 23.0 Å². The van der Waals surface area contributed by atoms with Crippen LogP contribution in [0.15, 0.2) is 54.6 Å². The van der Waals surface area contributed by atoms with Gasteiger partial charge in [0.25, 0.3) is 11.8 Å². The molecule has 11 heteroatoms. The molecule has 3 aliphatic rings. The summed E-state index contributed by atoms with van der Waals surface area (Å²) < 4.78 is 5.26. The number of aromatic hydroxyl groups is 1. The standard InChI is InChI=1S/C30H32N6O5/c1-3-34-12-14-35(15-13-34)25-11-10-24(37)26(31-25)19-4-7-21(8-5-19)30(28(39)32-29(40)33-30)18-36-17-20-6-9-22(41-2)16-23(20)27(36)38/h4-11,16,37H,3,12-15,17-18H2,1-2H3,(H2,32,33,39,40)/t30-/m0/s1. The molecule has 212 valence electrons. The lowest BCUT2D eigenvalue weighted by atomic mass is 9.88. The highest BCUT2D eigenvalue weighted by Crippen LogP contribution is 2.35. The summed E-state index contributed by atoms with van der Waals surface area (Å²) in [6.45, 7) is 7.04. The maximum Gasteiger partial charge on any atom is 0.322 e. The molecule has 3 aliphatic heterocycles. The molecule has 0 saturated carbocycles. The Labute approximate surface area is 237 Å². The van der Waals surface area contributed by atoms with Gasteiger partial charge in [-0.05, 0) is 41.9 Å². The van der Waals surface area contributed by atoms with Crippen LogP contribution < -0.4 is 20.3 Å². The summed E-state index contributed by atoms with van der Waals surface area (Å²) >= 11 is 0. The number of benzene rings is 2. The van der Waals surface area contributed by atoms with Gasteiger partial charge in [-0.15, -0.1) is 0 Å². The number of hydrogen-bond acceptors (Lipinski definition) is 8. The highest BCUT2D eigenvalue weighted by Gasteiger charge is 2.50. The second-order valence-electron chi connectivity index (χ2n) is 10.5. The third-order valence-electron chi connectivity index (χ3n) is 8.22. The first kappa shape index (κ1) is 26.6. The molecule has 2 saturated heterocycles. The van der Waals surface area contributed by atoms with E-state index in [1.54, 1.807) is 47.4 Å². The molecule has 6 rings (SSSR count). The van der Waals surface area contributed by atoms with Crippen molar-refractivity contribution in [3.63, 3.8) is 0 Å². The monoisotopic (exact) mass is 556 g/mol. The lowest BCUT2D eigenvalue weighted by Crippen LogP contribution is -2.52. The van der Waals surface area contributed by atoms with E-state index in [1.165, 1.54) is 7.11 Å². The number of urea groups is 1. The molecule has 2 fully saturated rings. The Balaban J connectivity index is 1.27. The minimum atomic E-state index is -1.48. The lowest BCUT2D eigenvalue weighted by molar-refractivity contribution is -0.124. The molecule has 11 nitrogen and oxygen atoms in total. The Bertz CT molecular complexity index is 1520. The highest BCUT2D eigenvalue weighted by atomic mass is 16.5. The third kappa shape index (κ3) is 4.71. The summed E-state index contributed by atoms with van der Waals surface area (Å²) in [5.41, 5.74) is 1.46. The van der Waals surface area contributed by atoms with Crippen LogP contribution in [0.3, 0.4) is 0 Å². The molecular formula is C30H32N6O5. The number of piperazine rings is 1. The van der Waals surface area contributed by atoms with Gasteiger partial charge in [0.15, 0.2) is 5.54 Å². The summed E-state index contributed by atoms with van der Waals surface area (Å²) in [4.78, 5) is 49.8. The molecule has 0 unspecified atom stereocenters. The van der Waals surface area contributed by atoms with E-state index in [9.17, 15) is 19.5 Å². The maximum absolute atomic E-state index is 13.3. The van der Waals surface area contributed by atoms with E-state index in [1.807, 2.05) is 12.1 Å². The normalized spacial score (nSPS) is 20.7. The first-order chi connectivity index (χ1) is 19.8. The number of pyridine rings is 1. The molecule has 0 radical (unpaired) electrons. The Morgan fingerprint density at radius 1 is 1.00 bits per heavy atom. The Morgan fingerprint density at radius 3 is 2.41 bits per heavy atom. The number of anilines is 1. The first-order valence-corrected chi connectivity index (χ1v) is 13.7. The van der Waals surface area contributed by atoms with Crippen LogP contribution in [0.25, 0.3) is 11.3 Å². The first-order valence-electron chi connectivity index (χ1n) is 13.7. The highest BCUT2D eigenvalue weighted by molar-refractivity contribution is 6.08. The number of aromatic nitrogens is 1. The number of hydrogen-bond donors (Lipinski definition) is 3. The van der Waals surface area contributed by atoms with Crippen molar-refractivity contribution in [1.82, 2.24) is 25.4 Å². The number of ether oxygens (including phenoxy) is 1. The minimum Gasteiger partial charge on any atom is -0.506 e. The zero-order chi connectivity index (χ0) is 28.7. The van der Waals surface area contributed by atoms with E-state index >= 15 is 0 Å². The topological polar surface area (TPSA) is 127 Å². The molecule has 0 spiro atoms. The van der Waals surface area contributed by atoms with Gasteiger partial charge in [-0.2, -0.15) is 0 Å². The second kappa shape index (κ2) is 10.4. The molecule has 4 amide bonds. The number of fused-ring (bicyclic) bond motifs is 1. The molecule has 3 N–H and O–H groups in total. The van der Waals surface area contributed by atoms with E-state index in [4.69, 9.17) is 9.72 Å². The van der Waals surface area contributed by atoms with Crippen LogP contribution in [-0.2, 0) is 16.9 Å². The molecule has 2 aromatic carbocycles. The van der Waals surface area contributed by atoms with E-state index < -0.39 is 17.5 Å². The summed E-state index contributed by atoms with van der Waals surface area (Å²) in [5, 5.41) is 15.8. The number of carbonyl (C=O) groups is 3. The summed E-state index contributed by atoms with van der Waals surface area (Å²) in [6, 6.07) is 15.1. The zero-order valence-corrected chi connectivity index (χ0v) is 23.0. The van der Waals surface area contributed by atoms with Crippen LogP contribution in [0, 0.1) is 0 Å². The van der Waals surface area contributed by atoms with Gasteiger partial charge in [-0.25, -0.2) is 9.78 Å². The van der Waals surface area contributed by atoms with Gasteiger partial charge in [0.2, 0.25) is 0 Å². The largest absolute Gasteiger partial charge is 0.506 e. The quantitative estimate of drug-likeness (QED) is 0.379. The summed E-state index contributed by atoms with van der Waals surface area (Å²) in [7, 11) is 1.54. The fraction of sp³-hybridized carbons (Fsp3) is 0.333. The van der Waals surface area contributed by atoms with Gasteiger partial charge >= 0.3 is 6.03 Å². The van der Waals surface area contributed by atoms with Crippen molar-refractivity contribution in [3.8, 4) is 22.8 Å². The summed E-state index contributed by atoms with van der Waals surface area (Å²) in [5.74, 6) is 0.632. The van der Waals surface area contributed by atoms with Crippen molar-refractivity contribution < 1.29 is 24.2 Å². The number of nitrogens with one attached hydrogen (secondary N) is 2. The predicted octanol–water partition coefficient (Wildman–Crippen LogP) is 2.30. The van der Waals surface area contributed by atoms with Crippen LogP contribution in [0.5, 0.6) is 11.5 Å². The number of amides is 4. The van der Waals surface area contributed by atoms with Gasteiger partial charge in [-0.3, -0.25) is 14.9 Å². The molecule has 1 aromatic heterocycles. The van der Waals surface area contributed by atoms with Crippen LogP contribution in [-0.4, -0.2) is 84.1 Å². The van der Waals surface area contributed by atoms with Crippen molar-refractivity contribution >= 4 is 23.7 Å². The smallest absolute Gasteiger partial charge is 0.322 e. The fourth-order valence-electron chi connectivity index (χ4n) is 5.81. The molecule has 0 aliphatic carbocycles. The van der Waals surface area contributed by atoms with E-state index in [2.05, 4.69) is 27.4 Å². The third-order valence-corrected chi connectivity index (χ3v) is 8.22. The van der Waals surface area contributed by atoms with Gasteiger partial charge < -0.3 is 29.9 Å². The van der Waals surface area contributed by atoms with Crippen molar-refractivity contribution in [3.05, 3.63) is 71.3 Å². The SMILES string of the molecule is CCN1CCN(c2ccc(O)c(-c3ccc([C@]4(CN5Cc6ccc(OC)cc6C5=O)NC(=O)NC4=O)cc3)n2)CC1. The fourth-order valence-corrected chi connectivity index (χ4v) is 5.81. The van der Waals surface area contributed by atoms with Gasteiger partial charge in [-0.1, -0.05) is 37.3 Å². The number of carbonyl (C=O) groups excluding carboxylic acids is 3. The van der Waals surface area contributed by atoms with Crippen molar-refractivity contribution in [1.29, 1.82) is 0 Å². The van der Waals surface area contributed by atoms with Crippen molar-refractivity contribution in [2.75, 3.05) is 51.3 Å². The van der Waals surface area contributed by atoms with Crippen LogP contribution >= 0.6 is 0 Å². The van der Waals surface area contributed by atoms with E-state index in [0.29, 0.717) is 34.7 Å². The van der Waals surface area contributed by atoms with Crippen molar-refractivity contribution in [2.45, 2.75) is 19.0 Å². The molecular weight excluding hydrogens is 524 g/mol. The van der Waals surface area contributed by atoms with Crippen molar-refractivity contribution in [2.24, 2.45) is 0 Å². The number of nitrogens with zero attached hydrogens (tertiary/aromatic N) is 4. The number of rotatable bonds is 7. The Hall–Kier alpha value is -4.64. The van der Waals surface area contributed by atoms with Crippen LogP contribution in [0.4, 0.5) is 10.6 Å². The van der Waals surface area contributed by atoms with Gasteiger partial charge in [0, 0.05) is 43.9 Å². The second-order valence-corrected chi connectivity index (χ2v) is 10.5. The Kier molecular flexibility index (Phi) is 6.74. The van der Waals surface area contributed by atoms with Crippen LogP contribution in [0.1, 0.15) is 28.4 Å². The van der Waals surface area contributed by atoms with Gasteiger partial charge in [0.05, 0.1) is 13.7 Å². The molecule has 41 heavy (non-hydrogen) atoms. The van der Waals surface area contributed by atoms with E-state index in [-0.39, 0.29) is 18.2 Å². The lowest BCUT2D eigenvalue weighted by Gasteiger charge is -2.35. The summed E-state index contributed by atoms with van der Waals surface area (Å²) in [6.07, 6.45) is 0. The zero-order valence-electron chi connectivity index (χ0n) is 23.0. The van der Waals surface area contributed by atoms with E-state index in [0.717, 1.165) is 44.1 Å². The molecule has 4 heterocycles. The maximum atomic E-state index is 13.3. The minimum absolute atomic E-state index is 0.0474. The molecule has 0 bridgehead atoms. The average Bonchev–Trinajstić information content (AvgIpc) is 3.47. The average molecular weight is 557 g/mol. The van der Waals surface area contributed by atoms with Crippen LogP contribution in [0.2, 0.25) is 0 Å². The Morgan fingerprint density at radius 2 is 1.76 bits per heavy atom. The molecule has 1 atom stereocenters. The number of likely N-dealkylation sites (N-methyl/N-ethyl adjacent to an activating group) is 1. The molecule has 3 aromatic rings.